The molecule has 5 atom stereocenters. The summed E-state index contributed by atoms with van der Waals surface area (Å²) in [6.45, 7) is 2.31. The summed E-state index contributed by atoms with van der Waals surface area (Å²) in [4.78, 5) is 0. The predicted octanol–water partition coefficient (Wildman–Crippen LogP) is 3.97. The van der Waals surface area contributed by atoms with E-state index < -0.39 is 11.4 Å². The highest BCUT2D eigenvalue weighted by molar-refractivity contribution is 5.29. The molecule has 0 radical (unpaired) electrons. The molecule has 2 fully saturated rings. The minimum atomic E-state index is -0.756. The topological polar surface area (TPSA) is 58.9 Å². The largest absolute Gasteiger partial charge is 0.392 e. The Morgan fingerprint density at radius 1 is 1.07 bits per heavy atom. The summed E-state index contributed by atoms with van der Waals surface area (Å²) in [6, 6.07) is 0. The molecule has 0 aliphatic heterocycles. The van der Waals surface area contributed by atoms with Crippen molar-refractivity contribution in [2.24, 2.45) is 23.2 Å². The molecule has 0 aromatic carbocycles. The van der Waals surface area contributed by atoms with Crippen molar-refractivity contribution in [3.05, 3.63) is 23.3 Å². The zero-order valence-electron chi connectivity index (χ0n) is 17.2. The number of aliphatic hydroxyl groups is 2. The molecule has 2 saturated carbocycles. The molecule has 4 nitrogen and oxygen atoms in total. The second-order valence-electron chi connectivity index (χ2n) is 9.54. The number of rotatable bonds is 4. The van der Waals surface area contributed by atoms with Crippen LogP contribution in [0.1, 0.15) is 64.7 Å². The van der Waals surface area contributed by atoms with E-state index in [9.17, 15) is 10.2 Å². The van der Waals surface area contributed by atoms with E-state index in [1.165, 1.54) is 12.8 Å². The second-order valence-corrected chi connectivity index (χ2v) is 9.54. The van der Waals surface area contributed by atoms with E-state index in [0.29, 0.717) is 17.8 Å². The van der Waals surface area contributed by atoms with E-state index in [2.05, 4.69) is 6.92 Å². The van der Waals surface area contributed by atoms with Crippen LogP contribution in [-0.2, 0) is 9.47 Å². The number of allylic oxidation sites excluding steroid dienone is 1. The maximum Gasteiger partial charge on any atom is 0.171 e. The van der Waals surface area contributed by atoms with Crippen molar-refractivity contribution in [2.75, 3.05) is 20.8 Å². The molecule has 2 N–H and O–H groups in total. The maximum absolute atomic E-state index is 11.4. The number of hydrogen-bond donors (Lipinski definition) is 2. The first-order chi connectivity index (χ1) is 12.9. The first-order valence-corrected chi connectivity index (χ1v) is 10.7. The van der Waals surface area contributed by atoms with E-state index in [4.69, 9.17) is 9.47 Å². The van der Waals surface area contributed by atoms with Crippen molar-refractivity contribution < 1.29 is 19.7 Å². The van der Waals surface area contributed by atoms with Crippen molar-refractivity contribution in [1.82, 2.24) is 0 Å². The van der Waals surface area contributed by atoms with Crippen molar-refractivity contribution in [3.63, 3.8) is 0 Å². The predicted molar refractivity (Wildman–Crippen MR) is 105 cm³/mol. The molecule has 4 rings (SSSR count). The molecule has 4 aliphatic carbocycles. The van der Waals surface area contributed by atoms with Crippen LogP contribution in [0.15, 0.2) is 23.3 Å². The second kappa shape index (κ2) is 6.98. The molecule has 0 bridgehead atoms. The van der Waals surface area contributed by atoms with Crippen LogP contribution in [0, 0.1) is 23.2 Å². The van der Waals surface area contributed by atoms with Gasteiger partial charge in [-0.05, 0) is 62.7 Å². The van der Waals surface area contributed by atoms with Gasteiger partial charge in [0.2, 0.25) is 0 Å². The van der Waals surface area contributed by atoms with Gasteiger partial charge in [0.25, 0.3) is 0 Å². The first-order valence-electron chi connectivity index (χ1n) is 10.7. The molecule has 0 amide bonds. The van der Waals surface area contributed by atoms with Gasteiger partial charge >= 0.3 is 0 Å². The molecule has 0 heterocycles. The molecule has 0 aromatic rings. The molecule has 0 aromatic heterocycles. The Bertz CT molecular complexity index is 634. The standard InChI is InChI=1S/C23H36O4/c1-21-11-7-18-17-8-13-23(26-2,27-3)15-16(17)5-6-19(18)20(21)9-12-22(21,25)10-4-14-24/h4,10,18-20,24-25H,5-9,11-15H2,1-3H3/t18?,19?,20?,21-,22-/m0/s1. The first kappa shape index (κ1) is 19.6. The molecule has 3 unspecified atom stereocenters. The van der Waals surface area contributed by atoms with Crippen LogP contribution < -0.4 is 0 Å². The summed E-state index contributed by atoms with van der Waals surface area (Å²) < 4.78 is 11.5. The minimum absolute atomic E-state index is 0.00606. The Hall–Kier alpha value is -0.680. The van der Waals surface area contributed by atoms with Crippen LogP contribution in [0.5, 0.6) is 0 Å². The Labute approximate surface area is 163 Å². The van der Waals surface area contributed by atoms with Gasteiger partial charge in [0, 0.05) is 32.5 Å². The van der Waals surface area contributed by atoms with Crippen molar-refractivity contribution in [3.8, 4) is 0 Å². The van der Waals surface area contributed by atoms with Gasteiger partial charge in [-0.25, -0.2) is 0 Å². The fourth-order valence-electron chi connectivity index (χ4n) is 7.19. The van der Waals surface area contributed by atoms with Crippen LogP contribution in [-0.4, -0.2) is 42.4 Å². The number of hydrogen-bond acceptors (Lipinski definition) is 4. The van der Waals surface area contributed by atoms with Crippen LogP contribution >= 0.6 is 0 Å². The molecule has 4 aliphatic rings. The quantitative estimate of drug-likeness (QED) is 0.576. The SMILES string of the molecule is COC1(OC)CCC2=C(CCC3C2CC[C@@]2(C)C3CC[C@@]2(O)C=CCO)C1. The average Bonchev–Trinajstić information content (AvgIpc) is 2.97. The third-order valence-corrected chi connectivity index (χ3v) is 8.83. The van der Waals surface area contributed by atoms with Crippen LogP contribution in [0.4, 0.5) is 0 Å². The van der Waals surface area contributed by atoms with Crippen molar-refractivity contribution >= 4 is 0 Å². The highest BCUT2D eigenvalue weighted by Crippen LogP contribution is 2.65. The summed E-state index contributed by atoms with van der Waals surface area (Å²) in [5.41, 5.74) is 2.46. The van der Waals surface area contributed by atoms with Gasteiger partial charge in [-0.2, -0.15) is 0 Å². The van der Waals surface area contributed by atoms with Gasteiger partial charge in [0.05, 0.1) is 12.2 Å². The summed E-state index contributed by atoms with van der Waals surface area (Å²) in [5, 5.41) is 20.6. The number of ether oxygens (including phenoxy) is 2. The highest BCUT2D eigenvalue weighted by Gasteiger charge is 2.61. The fourth-order valence-corrected chi connectivity index (χ4v) is 7.19. The normalized spacial score (nSPS) is 43.5. The molecule has 0 spiro atoms. The Kier molecular flexibility index (Phi) is 5.07. The molecular formula is C23H36O4. The van der Waals surface area contributed by atoms with Crippen LogP contribution in [0.25, 0.3) is 0 Å². The average molecular weight is 377 g/mol. The van der Waals surface area contributed by atoms with E-state index in [-0.39, 0.29) is 12.0 Å². The van der Waals surface area contributed by atoms with Crippen LogP contribution in [0.2, 0.25) is 0 Å². The zero-order valence-corrected chi connectivity index (χ0v) is 17.2. The summed E-state index contributed by atoms with van der Waals surface area (Å²) in [5.74, 6) is 1.53. The molecule has 0 saturated heterocycles. The highest BCUT2D eigenvalue weighted by atomic mass is 16.7. The smallest absolute Gasteiger partial charge is 0.171 e. The third kappa shape index (κ3) is 2.87. The summed E-state index contributed by atoms with van der Waals surface area (Å²) >= 11 is 0. The molecule has 27 heavy (non-hydrogen) atoms. The zero-order chi connectivity index (χ0) is 19.3. The van der Waals surface area contributed by atoms with Gasteiger partial charge in [0.15, 0.2) is 5.79 Å². The maximum atomic E-state index is 11.4. The molecular weight excluding hydrogens is 340 g/mol. The monoisotopic (exact) mass is 376 g/mol. The lowest BCUT2D eigenvalue weighted by Crippen LogP contribution is -2.51. The lowest BCUT2D eigenvalue weighted by atomic mass is 9.52. The lowest BCUT2D eigenvalue weighted by Gasteiger charge is -2.54. The molecule has 152 valence electrons. The van der Waals surface area contributed by atoms with Crippen molar-refractivity contribution in [1.29, 1.82) is 0 Å². The minimum Gasteiger partial charge on any atom is -0.392 e. The Balaban J connectivity index is 1.59. The Morgan fingerprint density at radius 3 is 2.56 bits per heavy atom. The molecule has 4 heteroatoms. The van der Waals surface area contributed by atoms with Crippen LogP contribution in [0.3, 0.4) is 0 Å². The van der Waals surface area contributed by atoms with Gasteiger partial charge in [-0.3, -0.25) is 0 Å². The van der Waals surface area contributed by atoms with Gasteiger partial charge in [-0.1, -0.05) is 30.2 Å². The van der Waals surface area contributed by atoms with E-state index in [1.54, 1.807) is 31.4 Å². The van der Waals surface area contributed by atoms with Gasteiger partial charge in [0.1, 0.15) is 0 Å². The Morgan fingerprint density at radius 2 is 1.85 bits per heavy atom. The lowest BCUT2D eigenvalue weighted by molar-refractivity contribution is -0.213. The summed E-state index contributed by atoms with van der Waals surface area (Å²) in [7, 11) is 3.54. The van der Waals surface area contributed by atoms with E-state index >= 15 is 0 Å². The van der Waals surface area contributed by atoms with Gasteiger partial charge in [-0.15, -0.1) is 0 Å². The van der Waals surface area contributed by atoms with E-state index in [0.717, 1.165) is 44.9 Å². The summed E-state index contributed by atoms with van der Waals surface area (Å²) in [6.07, 6.45) is 13.2. The van der Waals surface area contributed by atoms with E-state index in [1.807, 2.05) is 6.08 Å². The third-order valence-electron chi connectivity index (χ3n) is 8.83. The fraction of sp³-hybridized carbons (Fsp3) is 0.826. The number of aliphatic hydroxyl groups excluding tert-OH is 1. The number of methoxy groups -OCH3 is 2. The number of fused-ring (bicyclic) bond motifs is 4. The van der Waals surface area contributed by atoms with Gasteiger partial charge < -0.3 is 19.7 Å². The van der Waals surface area contributed by atoms with Crippen molar-refractivity contribution in [2.45, 2.75) is 76.1 Å².